The Kier molecular flexibility index (Phi) is 7.19. The van der Waals surface area contributed by atoms with Crippen LogP contribution in [0, 0.1) is 6.92 Å². The van der Waals surface area contributed by atoms with Gasteiger partial charge in [0.2, 0.25) is 5.95 Å². The van der Waals surface area contributed by atoms with E-state index in [-0.39, 0.29) is 50.0 Å². The number of piperidine rings is 2. The molecule has 1 N–H and O–H groups in total. The van der Waals surface area contributed by atoms with Crippen molar-refractivity contribution in [3.8, 4) is 0 Å². The van der Waals surface area contributed by atoms with Gasteiger partial charge in [-0.05, 0) is 52.3 Å². The van der Waals surface area contributed by atoms with Crippen LogP contribution in [-0.4, -0.2) is 76.7 Å². The number of alkyl halides is 2. The van der Waals surface area contributed by atoms with Crippen molar-refractivity contribution < 1.29 is 23.1 Å². The fraction of sp³-hybridized carbons (Fsp3) is 0.556. The number of anilines is 3. The Balaban J connectivity index is 1.31. The molecule has 4 fully saturated rings. The molecule has 0 aliphatic carbocycles. The van der Waals surface area contributed by atoms with E-state index in [0.717, 1.165) is 16.6 Å². The van der Waals surface area contributed by atoms with Gasteiger partial charge in [0.05, 0.1) is 23.3 Å². The number of hydrogen-bond acceptors (Lipinski definition) is 7. The highest BCUT2D eigenvalue weighted by molar-refractivity contribution is 9.10. The number of nitrogens with one attached hydrogen (secondary N) is 1. The second kappa shape index (κ2) is 10.2. The number of hydrogen-bond donors (Lipinski definition) is 1. The van der Waals surface area contributed by atoms with Crippen LogP contribution >= 0.6 is 15.9 Å². The SMILES string of the molecule is Cc1cc(NC(=O)c2ccc(Br)cc2N2CC3CC(C2)N3C(=O)OC(C)(C)C)nc(N2CCC(F)(F)CC2)n1. The van der Waals surface area contributed by atoms with E-state index in [4.69, 9.17) is 4.74 Å². The van der Waals surface area contributed by atoms with Crippen LogP contribution in [0.1, 0.15) is 56.1 Å². The highest BCUT2D eigenvalue weighted by Gasteiger charge is 2.49. The maximum absolute atomic E-state index is 13.6. The molecule has 9 nitrogen and oxygen atoms in total. The van der Waals surface area contributed by atoms with Crippen LogP contribution in [0.5, 0.6) is 0 Å². The molecule has 2 unspecified atom stereocenters. The fourth-order valence-electron chi connectivity index (χ4n) is 5.35. The van der Waals surface area contributed by atoms with E-state index in [9.17, 15) is 18.4 Å². The van der Waals surface area contributed by atoms with E-state index in [1.165, 1.54) is 0 Å². The summed E-state index contributed by atoms with van der Waals surface area (Å²) >= 11 is 3.52. The number of ether oxygens (including phenoxy) is 1. The average molecular weight is 608 g/mol. The van der Waals surface area contributed by atoms with Crippen LogP contribution in [0.25, 0.3) is 0 Å². The summed E-state index contributed by atoms with van der Waals surface area (Å²) in [6, 6.07) is 7.15. The number of piperazine rings is 1. The zero-order valence-corrected chi connectivity index (χ0v) is 24.1. The van der Waals surface area contributed by atoms with E-state index in [0.29, 0.717) is 36.1 Å². The zero-order valence-electron chi connectivity index (χ0n) is 22.5. The van der Waals surface area contributed by atoms with Gasteiger partial charge in [-0.15, -0.1) is 0 Å². The molecule has 2 aromatic rings. The number of fused-ring (bicyclic) bond motifs is 2. The molecule has 2 bridgehead atoms. The summed E-state index contributed by atoms with van der Waals surface area (Å²) in [5.41, 5.74) is 1.29. The molecule has 210 valence electrons. The van der Waals surface area contributed by atoms with Crippen LogP contribution < -0.4 is 15.1 Å². The smallest absolute Gasteiger partial charge is 0.410 e. The summed E-state index contributed by atoms with van der Waals surface area (Å²) in [5.74, 6) is -2.37. The Morgan fingerprint density at radius 1 is 1.08 bits per heavy atom. The molecule has 12 heteroatoms. The molecule has 0 radical (unpaired) electrons. The lowest BCUT2D eigenvalue weighted by Gasteiger charge is -2.56. The van der Waals surface area contributed by atoms with Gasteiger partial charge in [0.15, 0.2) is 0 Å². The summed E-state index contributed by atoms with van der Waals surface area (Å²) in [5, 5.41) is 2.88. The topological polar surface area (TPSA) is 90.9 Å². The number of halogens is 3. The van der Waals surface area contributed by atoms with Crippen LogP contribution in [-0.2, 0) is 4.74 Å². The first kappa shape index (κ1) is 27.5. The Hall–Kier alpha value is -3.02. The quantitative estimate of drug-likeness (QED) is 0.509. The van der Waals surface area contributed by atoms with Crippen molar-refractivity contribution >= 4 is 45.4 Å². The lowest BCUT2D eigenvalue weighted by molar-refractivity contribution is -0.0380. The molecule has 6 rings (SSSR count). The maximum atomic E-state index is 13.6. The Morgan fingerprint density at radius 3 is 2.38 bits per heavy atom. The van der Waals surface area contributed by atoms with Crippen LogP contribution in [0.2, 0.25) is 0 Å². The van der Waals surface area contributed by atoms with Gasteiger partial charge in [-0.2, -0.15) is 4.98 Å². The van der Waals surface area contributed by atoms with Crippen molar-refractivity contribution in [2.45, 2.75) is 70.6 Å². The van der Waals surface area contributed by atoms with Gasteiger partial charge in [0, 0.05) is 55.3 Å². The minimum Gasteiger partial charge on any atom is -0.444 e. The molecule has 1 aromatic heterocycles. The Bertz CT molecular complexity index is 1260. The molecular formula is C27H33BrF2N6O3. The first-order valence-corrected chi connectivity index (χ1v) is 13.9. The molecule has 2 atom stereocenters. The van der Waals surface area contributed by atoms with Crippen molar-refractivity contribution in [3.63, 3.8) is 0 Å². The lowest BCUT2D eigenvalue weighted by Crippen LogP contribution is -2.70. The highest BCUT2D eigenvalue weighted by Crippen LogP contribution is 2.38. The molecule has 0 saturated carbocycles. The molecule has 2 amide bonds. The van der Waals surface area contributed by atoms with Gasteiger partial charge in [0.1, 0.15) is 11.4 Å². The highest BCUT2D eigenvalue weighted by atomic mass is 79.9. The van der Waals surface area contributed by atoms with Gasteiger partial charge in [-0.1, -0.05) is 15.9 Å². The number of aryl methyl sites for hydroxylation is 1. The van der Waals surface area contributed by atoms with Crippen molar-refractivity contribution in [1.29, 1.82) is 0 Å². The van der Waals surface area contributed by atoms with Gasteiger partial charge >= 0.3 is 6.09 Å². The minimum atomic E-state index is -2.67. The van der Waals surface area contributed by atoms with E-state index in [2.05, 4.69) is 36.1 Å². The molecule has 39 heavy (non-hydrogen) atoms. The number of carbonyl (C=O) groups is 2. The molecule has 4 aliphatic heterocycles. The predicted octanol–water partition coefficient (Wildman–Crippen LogP) is 5.23. The van der Waals surface area contributed by atoms with Crippen molar-refractivity contribution in [1.82, 2.24) is 14.9 Å². The first-order valence-electron chi connectivity index (χ1n) is 13.1. The second-order valence-electron chi connectivity index (χ2n) is 11.5. The number of amides is 2. The largest absolute Gasteiger partial charge is 0.444 e. The van der Waals surface area contributed by atoms with Gasteiger partial charge in [-0.25, -0.2) is 18.6 Å². The molecule has 4 aliphatic rings. The molecule has 4 saturated heterocycles. The number of carbonyl (C=O) groups excluding carboxylic acids is 2. The van der Waals surface area contributed by atoms with Crippen LogP contribution in [0.4, 0.5) is 31.0 Å². The second-order valence-corrected chi connectivity index (χ2v) is 12.4. The predicted molar refractivity (Wildman–Crippen MR) is 148 cm³/mol. The Morgan fingerprint density at radius 2 is 1.74 bits per heavy atom. The molecule has 1 aromatic carbocycles. The third kappa shape index (κ3) is 6.10. The van der Waals surface area contributed by atoms with Crippen LogP contribution in [0.3, 0.4) is 0 Å². The Labute approximate surface area is 235 Å². The summed E-state index contributed by atoms with van der Waals surface area (Å²) in [6.07, 6.45) is 0.0916. The van der Waals surface area contributed by atoms with Crippen molar-refractivity contribution in [2.24, 2.45) is 0 Å². The standard InChI is InChI=1S/C27H33BrF2N6O3/c1-16-11-22(33-24(31-16)34-9-7-27(29,30)8-10-34)32-23(37)20-6-5-17(28)12-21(20)35-14-18-13-19(15-35)36(18)25(38)39-26(2,3)4/h5-6,11-12,18-19H,7-10,13-15H2,1-4H3,(H,31,32,33,37). The first-order chi connectivity index (χ1) is 18.3. The van der Waals surface area contributed by atoms with E-state index < -0.39 is 11.5 Å². The number of aromatic nitrogens is 2. The van der Waals surface area contributed by atoms with E-state index in [1.807, 2.05) is 26.8 Å². The number of rotatable bonds is 4. The van der Waals surface area contributed by atoms with Crippen LogP contribution in [0.15, 0.2) is 28.7 Å². The van der Waals surface area contributed by atoms with Gasteiger partial charge in [0.25, 0.3) is 11.8 Å². The van der Waals surface area contributed by atoms with Crippen molar-refractivity contribution in [3.05, 3.63) is 40.0 Å². The summed E-state index contributed by atoms with van der Waals surface area (Å²) in [7, 11) is 0. The molecule has 0 spiro atoms. The van der Waals surface area contributed by atoms with Gasteiger partial charge < -0.3 is 19.9 Å². The van der Waals surface area contributed by atoms with E-state index >= 15 is 0 Å². The van der Waals surface area contributed by atoms with Crippen molar-refractivity contribution in [2.75, 3.05) is 41.3 Å². The monoisotopic (exact) mass is 606 g/mol. The summed E-state index contributed by atoms with van der Waals surface area (Å²) in [4.78, 5) is 40.7. The summed E-state index contributed by atoms with van der Waals surface area (Å²) in [6.45, 7) is 8.81. The number of benzene rings is 1. The summed E-state index contributed by atoms with van der Waals surface area (Å²) < 4.78 is 33.7. The van der Waals surface area contributed by atoms with Gasteiger partial charge in [-0.3, -0.25) is 9.69 Å². The number of nitrogens with zero attached hydrogens (tertiary/aromatic N) is 5. The average Bonchev–Trinajstić information content (AvgIpc) is 2.82. The minimum absolute atomic E-state index is 0.0116. The zero-order chi connectivity index (χ0) is 28.1. The fourth-order valence-corrected chi connectivity index (χ4v) is 5.70. The molecule has 5 heterocycles. The third-order valence-corrected chi connectivity index (χ3v) is 7.70. The van der Waals surface area contributed by atoms with E-state index in [1.54, 1.807) is 34.9 Å². The third-order valence-electron chi connectivity index (χ3n) is 7.20. The lowest BCUT2D eigenvalue weighted by atomic mass is 9.87. The maximum Gasteiger partial charge on any atom is 0.410 e. The normalized spacial score (nSPS) is 22.3. The molecular weight excluding hydrogens is 574 g/mol.